The maximum Gasteiger partial charge on any atom is 0.265 e. The Kier molecular flexibility index (Phi) is 7.45. The standard InChI is InChI=1S/C25H25Cl2N3O5S/c1-3-5-18(4-2)36(33,34)30-22(31)15-6-7-21-19(12-15)25(24(32)29-21)10-8-17(9-11-25)35-23-20(27)13-16(26)14-28-23/h3-7,12-14,17H,8-11H2,1-2H3,(H,29,32)(H,30,31)/b5-3-,18-4+. The fourth-order valence-corrected chi connectivity index (χ4v) is 6.17. The second kappa shape index (κ2) is 10.2. The SMILES string of the molecule is C/C=C\C(=C/C)S(=O)(=O)NC(=O)c1ccc2c(c1)C1(CCC(Oc3ncc(Cl)cc3Cl)CC1)C(=O)N2. The molecule has 8 nitrogen and oxygen atoms in total. The number of nitrogens with zero attached hydrogens (tertiary/aromatic N) is 1. The second-order valence-electron chi connectivity index (χ2n) is 8.68. The number of pyridine rings is 1. The molecule has 11 heteroatoms. The van der Waals surface area contributed by atoms with Gasteiger partial charge < -0.3 is 10.1 Å². The Morgan fingerprint density at radius 2 is 1.94 bits per heavy atom. The van der Waals surface area contributed by atoms with Crippen molar-refractivity contribution >= 4 is 50.7 Å². The molecule has 36 heavy (non-hydrogen) atoms. The normalized spacial score (nSPS) is 21.9. The molecule has 2 amide bonds. The highest BCUT2D eigenvalue weighted by atomic mass is 35.5. The maximum absolute atomic E-state index is 13.1. The number of ether oxygens (including phenoxy) is 1. The fourth-order valence-electron chi connectivity index (χ4n) is 4.64. The van der Waals surface area contributed by atoms with Crippen molar-refractivity contribution in [3.05, 3.63) is 74.8 Å². The Morgan fingerprint density at radius 3 is 2.58 bits per heavy atom. The molecule has 2 heterocycles. The Hall–Kier alpha value is -2.88. The molecule has 1 spiro atoms. The summed E-state index contributed by atoms with van der Waals surface area (Å²) in [4.78, 5) is 30.0. The molecule has 2 aromatic rings. The minimum Gasteiger partial charge on any atom is -0.473 e. The number of nitrogens with one attached hydrogen (secondary N) is 2. The average Bonchev–Trinajstić information content (AvgIpc) is 3.10. The monoisotopic (exact) mass is 549 g/mol. The van der Waals surface area contributed by atoms with E-state index in [2.05, 4.69) is 15.0 Å². The Morgan fingerprint density at radius 1 is 1.22 bits per heavy atom. The summed E-state index contributed by atoms with van der Waals surface area (Å²) in [5.41, 5.74) is 0.614. The largest absolute Gasteiger partial charge is 0.473 e. The van der Waals surface area contributed by atoms with Gasteiger partial charge in [0, 0.05) is 17.4 Å². The van der Waals surface area contributed by atoms with Crippen molar-refractivity contribution in [3.8, 4) is 5.88 Å². The van der Waals surface area contributed by atoms with Crippen LogP contribution in [0, 0.1) is 0 Å². The van der Waals surface area contributed by atoms with Crippen molar-refractivity contribution in [2.75, 3.05) is 5.32 Å². The lowest BCUT2D eigenvalue weighted by Crippen LogP contribution is -2.41. The minimum absolute atomic E-state index is 0.0126. The third-order valence-corrected chi connectivity index (χ3v) is 8.40. The molecule has 1 saturated carbocycles. The first-order valence-electron chi connectivity index (χ1n) is 11.4. The summed E-state index contributed by atoms with van der Waals surface area (Å²) in [6, 6.07) is 6.28. The molecule has 0 atom stereocenters. The van der Waals surface area contributed by atoms with Crippen molar-refractivity contribution in [2.45, 2.75) is 51.0 Å². The van der Waals surface area contributed by atoms with Crippen LogP contribution in [0.2, 0.25) is 10.0 Å². The van der Waals surface area contributed by atoms with E-state index in [1.165, 1.54) is 24.4 Å². The van der Waals surface area contributed by atoms with E-state index in [-0.39, 0.29) is 28.4 Å². The molecule has 2 N–H and O–H groups in total. The molecular formula is C25H25Cl2N3O5S. The maximum atomic E-state index is 13.1. The molecule has 0 unspecified atom stereocenters. The molecule has 1 aliphatic carbocycles. The van der Waals surface area contributed by atoms with E-state index in [1.54, 1.807) is 38.1 Å². The highest BCUT2D eigenvalue weighted by Crippen LogP contribution is 2.48. The van der Waals surface area contributed by atoms with Crippen LogP contribution < -0.4 is 14.8 Å². The number of allylic oxidation sites excluding steroid dienone is 3. The first-order valence-corrected chi connectivity index (χ1v) is 13.6. The van der Waals surface area contributed by atoms with Gasteiger partial charge >= 0.3 is 0 Å². The van der Waals surface area contributed by atoms with E-state index in [1.807, 2.05) is 0 Å². The van der Waals surface area contributed by atoms with Crippen molar-refractivity contribution < 1.29 is 22.7 Å². The number of amides is 2. The lowest BCUT2D eigenvalue weighted by molar-refractivity contribution is -0.122. The van der Waals surface area contributed by atoms with Crippen LogP contribution in [-0.2, 0) is 20.2 Å². The van der Waals surface area contributed by atoms with Gasteiger partial charge in [0.25, 0.3) is 15.9 Å². The van der Waals surface area contributed by atoms with E-state index in [9.17, 15) is 18.0 Å². The quantitative estimate of drug-likeness (QED) is 0.482. The van der Waals surface area contributed by atoms with Crippen molar-refractivity contribution in [1.82, 2.24) is 9.71 Å². The van der Waals surface area contributed by atoms with Crippen LogP contribution >= 0.6 is 23.2 Å². The zero-order valence-corrected chi connectivity index (χ0v) is 22.0. The van der Waals surface area contributed by atoms with Gasteiger partial charge in [-0.15, -0.1) is 0 Å². The topological polar surface area (TPSA) is 114 Å². The molecule has 4 rings (SSSR count). The van der Waals surface area contributed by atoms with Crippen LogP contribution in [0.1, 0.15) is 55.5 Å². The Labute approximate surface area is 219 Å². The van der Waals surface area contributed by atoms with E-state index >= 15 is 0 Å². The first-order chi connectivity index (χ1) is 17.1. The predicted molar refractivity (Wildman–Crippen MR) is 139 cm³/mol. The molecule has 1 fully saturated rings. The van der Waals surface area contributed by atoms with Gasteiger partial charge in [0.15, 0.2) is 0 Å². The highest BCUT2D eigenvalue weighted by Gasteiger charge is 2.49. The highest BCUT2D eigenvalue weighted by molar-refractivity contribution is 7.94. The zero-order valence-electron chi connectivity index (χ0n) is 19.7. The molecule has 2 aliphatic rings. The van der Waals surface area contributed by atoms with Crippen LogP contribution in [-0.4, -0.2) is 31.3 Å². The molecule has 0 saturated heterocycles. The number of aromatic nitrogens is 1. The number of carbonyl (C=O) groups excluding carboxylic acids is 2. The van der Waals surface area contributed by atoms with Crippen LogP contribution in [0.15, 0.2) is 53.6 Å². The molecule has 1 aliphatic heterocycles. The van der Waals surface area contributed by atoms with Gasteiger partial charge in [0.1, 0.15) is 11.1 Å². The van der Waals surface area contributed by atoms with Gasteiger partial charge in [-0.05, 0) is 75.4 Å². The Balaban J connectivity index is 1.53. The summed E-state index contributed by atoms with van der Waals surface area (Å²) >= 11 is 12.1. The first kappa shape index (κ1) is 26.2. The molecule has 1 aromatic heterocycles. The minimum atomic E-state index is -4.03. The fraction of sp³-hybridized carbons (Fsp3) is 0.320. The Bertz CT molecular complexity index is 1380. The van der Waals surface area contributed by atoms with Crippen LogP contribution in [0.25, 0.3) is 0 Å². The van der Waals surface area contributed by atoms with Crippen LogP contribution in [0.4, 0.5) is 5.69 Å². The molecule has 190 valence electrons. The van der Waals surface area contributed by atoms with Crippen LogP contribution in [0.3, 0.4) is 0 Å². The number of rotatable bonds is 6. The molecule has 0 radical (unpaired) electrons. The molecular weight excluding hydrogens is 525 g/mol. The summed E-state index contributed by atoms with van der Waals surface area (Å²) < 4.78 is 33.2. The van der Waals surface area contributed by atoms with Gasteiger partial charge in [0.2, 0.25) is 11.8 Å². The van der Waals surface area contributed by atoms with Gasteiger partial charge in [-0.2, -0.15) is 0 Å². The summed E-state index contributed by atoms with van der Waals surface area (Å²) in [5.74, 6) is -0.624. The molecule has 0 bridgehead atoms. The number of fused-ring (bicyclic) bond motifs is 2. The number of carbonyl (C=O) groups is 2. The van der Waals surface area contributed by atoms with E-state index in [0.29, 0.717) is 47.0 Å². The summed E-state index contributed by atoms with van der Waals surface area (Å²) in [6.45, 7) is 3.26. The smallest absolute Gasteiger partial charge is 0.265 e. The lowest BCUT2D eigenvalue weighted by Gasteiger charge is -2.35. The van der Waals surface area contributed by atoms with Gasteiger partial charge in [-0.3, -0.25) is 9.59 Å². The van der Waals surface area contributed by atoms with E-state index in [0.717, 1.165) is 0 Å². The summed E-state index contributed by atoms with van der Waals surface area (Å²) in [5, 5.41) is 3.62. The zero-order chi connectivity index (χ0) is 26.1. The van der Waals surface area contributed by atoms with Gasteiger partial charge in [-0.25, -0.2) is 18.1 Å². The van der Waals surface area contributed by atoms with Crippen molar-refractivity contribution in [1.29, 1.82) is 0 Å². The van der Waals surface area contributed by atoms with E-state index in [4.69, 9.17) is 27.9 Å². The predicted octanol–water partition coefficient (Wildman–Crippen LogP) is 5.14. The number of benzene rings is 1. The number of anilines is 1. The number of hydrogen-bond acceptors (Lipinski definition) is 6. The van der Waals surface area contributed by atoms with Gasteiger partial charge in [-0.1, -0.05) is 35.4 Å². The second-order valence-corrected chi connectivity index (χ2v) is 11.2. The third-order valence-electron chi connectivity index (χ3n) is 6.47. The van der Waals surface area contributed by atoms with Crippen LogP contribution in [0.5, 0.6) is 5.88 Å². The number of hydrogen-bond donors (Lipinski definition) is 2. The lowest BCUT2D eigenvalue weighted by atomic mass is 9.69. The summed E-state index contributed by atoms with van der Waals surface area (Å²) in [7, 11) is -4.03. The van der Waals surface area contributed by atoms with Crippen molar-refractivity contribution in [3.63, 3.8) is 0 Å². The van der Waals surface area contributed by atoms with Gasteiger partial charge in [0.05, 0.1) is 15.3 Å². The molecule has 1 aromatic carbocycles. The number of halogens is 2. The number of sulfonamides is 1. The van der Waals surface area contributed by atoms with Crippen molar-refractivity contribution in [2.24, 2.45) is 0 Å². The van der Waals surface area contributed by atoms with E-state index < -0.39 is 21.3 Å². The third kappa shape index (κ3) is 5.00. The summed E-state index contributed by atoms with van der Waals surface area (Å²) in [6.07, 6.45) is 7.74. The average molecular weight is 550 g/mol.